The van der Waals surface area contributed by atoms with E-state index < -0.39 is 11.8 Å². The van der Waals surface area contributed by atoms with Crippen LogP contribution in [0.4, 0.5) is 0 Å². The van der Waals surface area contributed by atoms with Gasteiger partial charge in [-0.25, -0.2) is 0 Å². The van der Waals surface area contributed by atoms with E-state index in [-0.39, 0.29) is 11.8 Å². The second-order valence-electron chi connectivity index (χ2n) is 5.26. The minimum Gasteiger partial charge on any atom is -0.348 e. The first-order valence-corrected chi connectivity index (χ1v) is 6.99. The van der Waals surface area contributed by atoms with Crippen LogP contribution in [-0.2, 0) is 14.4 Å². The van der Waals surface area contributed by atoms with Crippen molar-refractivity contribution in [1.82, 2.24) is 20.9 Å². The standard InChI is InChI=1S/C13H24N4O3/c1-17(2)9-3-6-15-12(19)13(20)16-11(18)10-4-7-14-8-5-10/h10,14H,3-9H2,1-2H3,(H,15,19)(H,16,18,20). The number of imide groups is 1. The molecule has 1 aliphatic rings. The van der Waals surface area contributed by atoms with E-state index in [4.69, 9.17) is 0 Å². The highest BCUT2D eigenvalue weighted by atomic mass is 16.2. The summed E-state index contributed by atoms with van der Waals surface area (Å²) in [6.07, 6.45) is 2.15. The van der Waals surface area contributed by atoms with E-state index in [1.165, 1.54) is 0 Å². The Hall–Kier alpha value is -1.47. The number of piperidine rings is 1. The van der Waals surface area contributed by atoms with E-state index >= 15 is 0 Å². The predicted molar refractivity (Wildman–Crippen MR) is 74.9 cm³/mol. The van der Waals surface area contributed by atoms with Crippen molar-refractivity contribution in [3.8, 4) is 0 Å². The van der Waals surface area contributed by atoms with Crippen molar-refractivity contribution >= 4 is 17.7 Å². The van der Waals surface area contributed by atoms with Gasteiger partial charge in [0.2, 0.25) is 5.91 Å². The summed E-state index contributed by atoms with van der Waals surface area (Å²) in [7, 11) is 3.87. The zero-order valence-corrected chi connectivity index (χ0v) is 12.2. The molecule has 7 heteroatoms. The lowest BCUT2D eigenvalue weighted by atomic mass is 9.97. The first kappa shape index (κ1) is 16.6. The quantitative estimate of drug-likeness (QED) is 0.431. The second-order valence-corrected chi connectivity index (χ2v) is 5.26. The highest BCUT2D eigenvalue weighted by Gasteiger charge is 2.24. The third-order valence-corrected chi connectivity index (χ3v) is 3.22. The summed E-state index contributed by atoms with van der Waals surface area (Å²) < 4.78 is 0. The molecule has 0 spiro atoms. The molecule has 0 bridgehead atoms. The molecule has 0 atom stereocenters. The zero-order valence-electron chi connectivity index (χ0n) is 12.2. The molecule has 1 heterocycles. The maximum Gasteiger partial charge on any atom is 0.315 e. The van der Waals surface area contributed by atoms with E-state index in [1.54, 1.807) is 0 Å². The van der Waals surface area contributed by atoms with Crippen molar-refractivity contribution in [2.75, 3.05) is 40.3 Å². The predicted octanol–water partition coefficient (Wildman–Crippen LogP) is -1.30. The van der Waals surface area contributed by atoms with Gasteiger partial charge >= 0.3 is 11.8 Å². The largest absolute Gasteiger partial charge is 0.348 e. The third-order valence-electron chi connectivity index (χ3n) is 3.22. The third kappa shape index (κ3) is 6.12. The minimum absolute atomic E-state index is 0.179. The Kier molecular flexibility index (Phi) is 7.17. The summed E-state index contributed by atoms with van der Waals surface area (Å²) >= 11 is 0. The lowest BCUT2D eigenvalue weighted by Gasteiger charge is -2.21. The van der Waals surface area contributed by atoms with Crippen LogP contribution in [0.1, 0.15) is 19.3 Å². The molecule has 114 valence electrons. The van der Waals surface area contributed by atoms with Gasteiger partial charge in [0.1, 0.15) is 0 Å². The fourth-order valence-corrected chi connectivity index (χ4v) is 2.03. The average Bonchev–Trinajstić information content (AvgIpc) is 2.44. The van der Waals surface area contributed by atoms with Gasteiger partial charge in [-0.2, -0.15) is 0 Å². The van der Waals surface area contributed by atoms with Gasteiger partial charge in [-0.05, 0) is 53.0 Å². The van der Waals surface area contributed by atoms with Crippen LogP contribution in [0.25, 0.3) is 0 Å². The molecular formula is C13H24N4O3. The summed E-state index contributed by atoms with van der Waals surface area (Å²) in [6.45, 7) is 2.79. The summed E-state index contributed by atoms with van der Waals surface area (Å²) in [6, 6.07) is 0. The number of carbonyl (C=O) groups excluding carboxylic acids is 3. The Bertz CT molecular complexity index is 352. The smallest absolute Gasteiger partial charge is 0.315 e. The van der Waals surface area contributed by atoms with E-state index in [0.29, 0.717) is 19.4 Å². The molecule has 0 unspecified atom stereocenters. The first-order chi connectivity index (χ1) is 9.50. The Morgan fingerprint density at radius 3 is 2.40 bits per heavy atom. The van der Waals surface area contributed by atoms with Gasteiger partial charge in [-0.3, -0.25) is 19.7 Å². The van der Waals surface area contributed by atoms with Crippen molar-refractivity contribution in [1.29, 1.82) is 0 Å². The van der Waals surface area contributed by atoms with Crippen LogP contribution >= 0.6 is 0 Å². The van der Waals surface area contributed by atoms with E-state index in [2.05, 4.69) is 16.0 Å². The topological polar surface area (TPSA) is 90.5 Å². The molecule has 0 saturated carbocycles. The van der Waals surface area contributed by atoms with Gasteiger partial charge in [-0.1, -0.05) is 0 Å². The van der Waals surface area contributed by atoms with E-state index in [1.807, 2.05) is 19.0 Å². The summed E-state index contributed by atoms with van der Waals surface area (Å²) in [5, 5.41) is 7.82. The molecule has 3 amide bonds. The fraction of sp³-hybridized carbons (Fsp3) is 0.769. The van der Waals surface area contributed by atoms with Crippen LogP contribution in [0.5, 0.6) is 0 Å². The van der Waals surface area contributed by atoms with E-state index in [9.17, 15) is 14.4 Å². The van der Waals surface area contributed by atoms with Crippen LogP contribution in [0.2, 0.25) is 0 Å². The molecule has 0 radical (unpaired) electrons. The molecule has 0 aromatic heterocycles. The van der Waals surface area contributed by atoms with Gasteiger partial charge in [-0.15, -0.1) is 0 Å². The summed E-state index contributed by atoms with van der Waals surface area (Å²) in [4.78, 5) is 36.8. The Morgan fingerprint density at radius 1 is 1.15 bits per heavy atom. The number of carbonyl (C=O) groups is 3. The fourth-order valence-electron chi connectivity index (χ4n) is 2.03. The van der Waals surface area contributed by atoms with Crippen molar-refractivity contribution in [2.24, 2.45) is 5.92 Å². The molecule has 0 aromatic carbocycles. The first-order valence-electron chi connectivity index (χ1n) is 6.99. The maximum absolute atomic E-state index is 11.8. The molecule has 20 heavy (non-hydrogen) atoms. The molecule has 3 N–H and O–H groups in total. The van der Waals surface area contributed by atoms with Crippen LogP contribution < -0.4 is 16.0 Å². The number of hydrogen-bond donors (Lipinski definition) is 3. The number of amides is 3. The molecule has 0 aliphatic carbocycles. The van der Waals surface area contributed by atoms with Crippen molar-refractivity contribution in [3.63, 3.8) is 0 Å². The van der Waals surface area contributed by atoms with Crippen LogP contribution in [0.15, 0.2) is 0 Å². The average molecular weight is 284 g/mol. The number of rotatable bonds is 5. The molecule has 7 nitrogen and oxygen atoms in total. The summed E-state index contributed by atoms with van der Waals surface area (Å²) in [5.41, 5.74) is 0. The normalized spacial score (nSPS) is 15.9. The van der Waals surface area contributed by atoms with Crippen LogP contribution in [0, 0.1) is 5.92 Å². The number of nitrogens with one attached hydrogen (secondary N) is 3. The highest BCUT2D eigenvalue weighted by Crippen LogP contribution is 2.10. The zero-order chi connectivity index (χ0) is 15.0. The van der Waals surface area contributed by atoms with Gasteiger partial charge in [0.25, 0.3) is 0 Å². The molecule has 1 rings (SSSR count). The Labute approximate surface area is 119 Å². The monoisotopic (exact) mass is 284 g/mol. The van der Waals surface area contributed by atoms with Crippen molar-refractivity contribution in [3.05, 3.63) is 0 Å². The van der Waals surface area contributed by atoms with Gasteiger partial charge < -0.3 is 15.5 Å². The van der Waals surface area contributed by atoms with Gasteiger partial charge in [0.15, 0.2) is 0 Å². The molecule has 1 fully saturated rings. The Balaban J connectivity index is 2.23. The molecule has 1 aliphatic heterocycles. The number of hydrogen-bond acceptors (Lipinski definition) is 5. The van der Waals surface area contributed by atoms with Crippen molar-refractivity contribution < 1.29 is 14.4 Å². The van der Waals surface area contributed by atoms with Gasteiger partial charge in [0.05, 0.1) is 0 Å². The maximum atomic E-state index is 11.8. The van der Waals surface area contributed by atoms with Crippen LogP contribution in [-0.4, -0.2) is 62.9 Å². The molecular weight excluding hydrogens is 260 g/mol. The highest BCUT2D eigenvalue weighted by molar-refractivity contribution is 6.37. The molecule has 1 saturated heterocycles. The lowest BCUT2D eigenvalue weighted by Crippen LogP contribution is -2.46. The van der Waals surface area contributed by atoms with Crippen molar-refractivity contribution in [2.45, 2.75) is 19.3 Å². The molecule has 0 aromatic rings. The second kappa shape index (κ2) is 8.65. The minimum atomic E-state index is -0.863. The van der Waals surface area contributed by atoms with E-state index in [0.717, 1.165) is 26.1 Å². The Morgan fingerprint density at radius 2 is 1.80 bits per heavy atom. The van der Waals surface area contributed by atoms with Crippen LogP contribution in [0.3, 0.4) is 0 Å². The van der Waals surface area contributed by atoms with Gasteiger partial charge in [0, 0.05) is 12.5 Å². The summed E-state index contributed by atoms with van der Waals surface area (Å²) in [5.74, 6) is -2.13. The lowest BCUT2D eigenvalue weighted by molar-refractivity contribution is -0.143. The number of nitrogens with zero attached hydrogens (tertiary/aromatic N) is 1. The SMILES string of the molecule is CN(C)CCCNC(=O)C(=O)NC(=O)C1CCNCC1.